The third-order valence-electron chi connectivity index (χ3n) is 5.90. The molecule has 0 bridgehead atoms. The quantitative estimate of drug-likeness (QED) is 0.834. The maximum absolute atomic E-state index is 9.58. The zero-order chi connectivity index (χ0) is 15.9. The van der Waals surface area contributed by atoms with Crippen LogP contribution in [-0.4, -0.2) is 58.3 Å². The summed E-state index contributed by atoms with van der Waals surface area (Å²) in [4.78, 5) is 5.21. The molecule has 2 aliphatic heterocycles. The van der Waals surface area contributed by atoms with Gasteiger partial charge < -0.3 is 10.2 Å². The van der Waals surface area contributed by atoms with Gasteiger partial charge in [-0.2, -0.15) is 0 Å². The van der Waals surface area contributed by atoms with Gasteiger partial charge >= 0.3 is 0 Å². The average Bonchev–Trinajstić information content (AvgIpc) is 3.28. The van der Waals surface area contributed by atoms with E-state index in [0.717, 1.165) is 44.1 Å². The van der Waals surface area contributed by atoms with Crippen molar-refractivity contribution in [2.45, 2.75) is 38.0 Å². The number of aliphatic hydroxyl groups excluding tert-OH is 2. The largest absolute Gasteiger partial charge is 0.396 e. The van der Waals surface area contributed by atoms with E-state index in [1.165, 1.54) is 24.9 Å². The highest BCUT2D eigenvalue weighted by Crippen LogP contribution is 2.43. The van der Waals surface area contributed by atoms with E-state index in [1.54, 1.807) is 0 Å². The van der Waals surface area contributed by atoms with Crippen molar-refractivity contribution < 1.29 is 10.2 Å². The molecule has 4 rings (SSSR count). The van der Waals surface area contributed by atoms with E-state index in [9.17, 15) is 5.11 Å². The van der Waals surface area contributed by atoms with E-state index in [-0.39, 0.29) is 6.61 Å². The topological polar surface area (TPSA) is 46.9 Å². The first-order valence-corrected chi connectivity index (χ1v) is 8.98. The van der Waals surface area contributed by atoms with Crippen LogP contribution in [0.3, 0.4) is 0 Å². The van der Waals surface area contributed by atoms with E-state index in [2.05, 4.69) is 21.9 Å². The SMILES string of the molecule is OCc1ccc(CN2CC3(C[C@@H](CO)CN3CC3CC3)C2)cc1. The standard InChI is InChI=1S/C19H28N2O2/c22-11-17-5-3-15(4-6-17)8-20-13-19(14-20)7-18(12-23)10-21(19)9-16-1-2-16/h3-6,16,18,22-23H,1-2,7-14H2/t18-/m1/s1. The Morgan fingerprint density at radius 3 is 2.30 bits per heavy atom. The first-order valence-electron chi connectivity index (χ1n) is 8.98. The minimum atomic E-state index is 0.117. The molecule has 0 radical (unpaired) electrons. The number of aliphatic hydroxyl groups is 2. The summed E-state index contributed by atoms with van der Waals surface area (Å²) in [5.74, 6) is 1.39. The van der Waals surface area contributed by atoms with Crippen LogP contribution < -0.4 is 0 Å². The first-order chi connectivity index (χ1) is 11.2. The monoisotopic (exact) mass is 316 g/mol. The number of benzene rings is 1. The molecule has 3 aliphatic rings. The number of rotatable bonds is 6. The van der Waals surface area contributed by atoms with Crippen molar-refractivity contribution in [2.24, 2.45) is 11.8 Å². The maximum atomic E-state index is 9.58. The molecule has 1 atom stereocenters. The zero-order valence-corrected chi connectivity index (χ0v) is 13.8. The van der Waals surface area contributed by atoms with E-state index < -0.39 is 0 Å². The number of hydrogen-bond acceptors (Lipinski definition) is 4. The Balaban J connectivity index is 1.36. The van der Waals surface area contributed by atoms with Crippen LogP contribution in [0, 0.1) is 11.8 Å². The maximum Gasteiger partial charge on any atom is 0.0681 e. The van der Waals surface area contributed by atoms with Gasteiger partial charge in [-0.15, -0.1) is 0 Å². The van der Waals surface area contributed by atoms with Gasteiger partial charge in [-0.25, -0.2) is 0 Å². The van der Waals surface area contributed by atoms with Gasteiger partial charge in [-0.05, 0) is 42.2 Å². The van der Waals surface area contributed by atoms with E-state index in [1.807, 2.05) is 12.1 Å². The van der Waals surface area contributed by atoms with Gasteiger partial charge in [0, 0.05) is 44.9 Å². The van der Waals surface area contributed by atoms with Gasteiger partial charge in [0.2, 0.25) is 0 Å². The molecule has 4 nitrogen and oxygen atoms in total. The van der Waals surface area contributed by atoms with Crippen LogP contribution in [0.2, 0.25) is 0 Å². The Labute approximate surface area is 138 Å². The highest BCUT2D eigenvalue weighted by molar-refractivity contribution is 5.23. The summed E-state index contributed by atoms with van der Waals surface area (Å²) in [6.45, 7) is 6.06. The molecule has 2 saturated heterocycles. The molecule has 0 amide bonds. The molecular formula is C19H28N2O2. The molecule has 0 aromatic heterocycles. The summed E-state index contributed by atoms with van der Waals surface area (Å²) in [6, 6.07) is 8.29. The summed E-state index contributed by atoms with van der Waals surface area (Å²) >= 11 is 0. The average molecular weight is 316 g/mol. The highest BCUT2D eigenvalue weighted by Gasteiger charge is 2.53. The molecule has 2 heterocycles. The lowest BCUT2D eigenvalue weighted by molar-refractivity contribution is -0.0364. The molecule has 3 fully saturated rings. The smallest absolute Gasteiger partial charge is 0.0681 e. The third-order valence-corrected chi connectivity index (χ3v) is 5.90. The Morgan fingerprint density at radius 2 is 1.70 bits per heavy atom. The summed E-state index contributed by atoms with van der Waals surface area (Å²) in [5.41, 5.74) is 2.63. The third kappa shape index (κ3) is 3.18. The van der Waals surface area contributed by atoms with E-state index in [4.69, 9.17) is 5.11 Å². The molecule has 1 saturated carbocycles. The lowest BCUT2D eigenvalue weighted by atomic mass is 9.84. The van der Waals surface area contributed by atoms with Crippen LogP contribution in [0.4, 0.5) is 0 Å². The minimum absolute atomic E-state index is 0.117. The molecule has 4 heteroatoms. The lowest BCUT2D eigenvalue weighted by Crippen LogP contribution is -2.67. The molecular weight excluding hydrogens is 288 g/mol. The second kappa shape index (κ2) is 6.17. The number of nitrogens with zero attached hydrogens (tertiary/aromatic N) is 2. The van der Waals surface area contributed by atoms with Gasteiger partial charge in [-0.3, -0.25) is 9.80 Å². The van der Waals surface area contributed by atoms with Crippen LogP contribution in [0.5, 0.6) is 0 Å². The molecule has 1 spiro atoms. The molecule has 1 aromatic rings. The van der Waals surface area contributed by atoms with Gasteiger partial charge in [0.15, 0.2) is 0 Å². The Bertz CT molecular complexity index is 535. The van der Waals surface area contributed by atoms with Gasteiger partial charge in [0.05, 0.1) is 6.61 Å². The van der Waals surface area contributed by atoms with Gasteiger partial charge in [-0.1, -0.05) is 24.3 Å². The Morgan fingerprint density at radius 1 is 1.00 bits per heavy atom. The number of hydrogen-bond donors (Lipinski definition) is 2. The van der Waals surface area contributed by atoms with Gasteiger partial charge in [0.1, 0.15) is 0 Å². The van der Waals surface area contributed by atoms with Gasteiger partial charge in [0.25, 0.3) is 0 Å². The minimum Gasteiger partial charge on any atom is -0.396 e. The summed E-state index contributed by atoms with van der Waals surface area (Å²) in [7, 11) is 0. The van der Waals surface area contributed by atoms with Crippen molar-refractivity contribution in [3.05, 3.63) is 35.4 Å². The molecule has 126 valence electrons. The molecule has 23 heavy (non-hydrogen) atoms. The van der Waals surface area contributed by atoms with E-state index in [0.29, 0.717) is 18.1 Å². The van der Waals surface area contributed by atoms with E-state index >= 15 is 0 Å². The summed E-state index contributed by atoms with van der Waals surface area (Å²) < 4.78 is 0. The van der Waals surface area contributed by atoms with Crippen molar-refractivity contribution in [1.82, 2.24) is 9.80 Å². The van der Waals surface area contributed by atoms with Crippen LogP contribution in [0.25, 0.3) is 0 Å². The number of likely N-dealkylation sites (tertiary alicyclic amines) is 2. The molecule has 1 aliphatic carbocycles. The second-order valence-electron chi connectivity index (χ2n) is 7.95. The predicted molar refractivity (Wildman–Crippen MR) is 89.9 cm³/mol. The zero-order valence-electron chi connectivity index (χ0n) is 13.8. The Hall–Kier alpha value is -0.940. The summed E-state index contributed by atoms with van der Waals surface area (Å²) in [6.07, 6.45) is 3.96. The van der Waals surface area contributed by atoms with Crippen LogP contribution in [0.15, 0.2) is 24.3 Å². The van der Waals surface area contributed by atoms with Crippen LogP contribution in [-0.2, 0) is 13.2 Å². The molecule has 0 unspecified atom stereocenters. The lowest BCUT2D eigenvalue weighted by Gasteiger charge is -2.53. The predicted octanol–water partition coefficient (Wildman–Crippen LogP) is 1.46. The fourth-order valence-corrected chi connectivity index (χ4v) is 4.47. The Kier molecular flexibility index (Phi) is 4.18. The first kappa shape index (κ1) is 15.6. The van der Waals surface area contributed by atoms with Crippen molar-refractivity contribution in [3.63, 3.8) is 0 Å². The van der Waals surface area contributed by atoms with Crippen LogP contribution >= 0.6 is 0 Å². The fourth-order valence-electron chi connectivity index (χ4n) is 4.47. The normalized spacial score (nSPS) is 27.5. The van der Waals surface area contributed by atoms with Crippen LogP contribution in [0.1, 0.15) is 30.4 Å². The molecule has 2 N–H and O–H groups in total. The van der Waals surface area contributed by atoms with Crippen molar-refractivity contribution >= 4 is 0 Å². The summed E-state index contributed by atoms with van der Waals surface area (Å²) in [5, 5.41) is 18.7. The highest BCUT2D eigenvalue weighted by atomic mass is 16.3. The fraction of sp³-hybridized carbons (Fsp3) is 0.684. The molecule has 1 aromatic carbocycles. The van der Waals surface area contributed by atoms with Crippen molar-refractivity contribution in [1.29, 1.82) is 0 Å². The second-order valence-corrected chi connectivity index (χ2v) is 7.95. The van der Waals surface area contributed by atoms with Crippen molar-refractivity contribution in [3.8, 4) is 0 Å². The van der Waals surface area contributed by atoms with Crippen molar-refractivity contribution in [2.75, 3.05) is 32.8 Å².